The Kier molecular flexibility index (Phi) is 3.86. The number of nitrogens with zero attached hydrogens (tertiary/aromatic N) is 2. The Bertz CT molecular complexity index is 985. The predicted molar refractivity (Wildman–Crippen MR) is 101 cm³/mol. The SMILES string of the molecule is CN1CC(c2ccc3ocnc3c2Oc2ccccc2)C2CCNC2C1=O. The van der Waals surface area contributed by atoms with E-state index in [1.54, 1.807) is 0 Å². The molecular formula is C21H21N3O3. The molecule has 3 unspecified atom stereocenters. The lowest BCUT2D eigenvalue weighted by molar-refractivity contribution is -0.136. The number of hydrogen-bond acceptors (Lipinski definition) is 5. The van der Waals surface area contributed by atoms with Crippen LogP contribution in [0.25, 0.3) is 11.1 Å². The summed E-state index contributed by atoms with van der Waals surface area (Å²) in [7, 11) is 1.87. The molecule has 6 nitrogen and oxygen atoms in total. The van der Waals surface area contributed by atoms with Crippen LogP contribution in [0.1, 0.15) is 17.9 Å². The summed E-state index contributed by atoms with van der Waals surface area (Å²) in [4.78, 5) is 18.8. The topological polar surface area (TPSA) is 67.6 Å². The first-order chi connectivity index (χ1) is 13.2. The minimum Gasteiger partial charge on any atom is -0.455 e. The van der Waals surface area contributed by atoms with Crippen molar-refractivity contribution in [2.24, 2.45) is 5.92 Å². The fourth-order valence-corrected chi connectivity index (χ4v) is 4.44. The smallest absolute Gasteiger partial charge is 0.239 e. The number of carbonyl (C=O) groups is 1. The van der Waals surface area contributed by atoms with Crippen LogP contribution >= 0.6 is 0 Å². The van der Waals surface area contributed by atoms with Crippen molar-refractivity contribution in [1.29, 1.82) is 0 Å². The van der Waals surface area contributed by atoms with Gasteiger partial charge in [0.15, 0.2) is 23.2 Å². The van der Waals surface area contributed by atoms with Crippen molar-refractivity contribution < 1.29 is 13.9 Å². The molecule has 2 fully saturated rings. The van der Waals surface area contributed by atoms with Crippen LogP contribution in [0.15, 0.2) is 53.3 Å². The highest BCUT2D eigenvalue weighted by molar-refractivity contribution is 5.85. The van der Waals surface area contributed by atoms with Gasteiger partial charge in [-0.3, -0.25) is 4.79 Å². The highest BCUT2D eigenvalue weighted by Gasteiger charge is 2.45. The van der Waals surface area contributed by atoms with Gasteiger partial charge in [-0.15, -0.1) is 0 Å². The van der Waals surface area contributed by atoms with E-state index in [-0.39, 0.29) is 23.8 Å². The zero-order valence-electron chi connectivity index (χ0n) is 15.1. The molecule has 0 aliphatic carbocycles. The van der Waals surface area contributed by atoms with Crippen LogP contribution in [0.4, 0.5) is 0 Å². The Balaban J connectivity index is 1.62. The number of likely N-dealkylation sites (tertiary alicyclic amines) is 1. The number of aromatic nitrogens is 1. The van der Waals surface area contributed by atoms with E-state index in [1.807, 2.05) is 48.3 Å². The van der Waals surface area contributed by atoms with Gasteiger partial charge in [0.25, 0.3) is 0 Å². The summed E-state index contributed by atoms with van der Waals surface area (Å²) < 4.78 is 11.8. The summed E-state index contributed by atoms with van der Waals surface area (Å²) in [5.74, 6) is 2.12. The van der Waals surface area contributed by atoms with Crippen LogP contribution in [-0.4, -0.2) is 42.0 Å². The molecule has 3 aromatic rings. The van der Waals surface area contributed by atoms with Gasteiger partial charge in [0.05, 0.1) is 6.04 Å². The van der Waals surface area contributed by atoms with Crippen LogP contribution in [0.3, 0.4) is 0 Å². The number of fused-ring (bicyclic) bond motifs is 2. The second-order valence-corrected chi connectivity index (χ2v) is 7.31. The summed E-state index contributed by atoms with van der Waals surface area (Å²) in [5.41, 5.74) is 2.50. The van der Waals surface area contributed by atoms with Crippen molar-refractivity contribution in [2.75, 3.05) is 20.1 Å². The fourth-order valence-electron chi connectivity index (χ4n) is 4.44. The molecule has 3 heterocycles. The van der Waals surface area contributed by atoms with Crippen molar-refractivity contribution in [3.8, 4) is 11.5 Å². The van der Waals surface area contributed by atoms with E-state index in [1.165, 1.54) is 6.39 Å². The number of nitrogens with one attached hydrogen (secondary N) is 1. The van der Waals surface area contributed by atoms with Gasteiger partial charge in [-0.25, -0.2) is 4.98 Å². The molecule has 5 rings (SSSR count). The predicted octanol–water partition coefficient (Wildman–Crippen LogP) is 3.15. The number of piperidine rings is 1. The lowest BCUT2D eigenvalue weighted by atomic mass is 9.77. The molecular weight excluding hydrogens is 342 g/mol. The molecule has 1 amide bonds. The summed E-state index contributed by atoms with van der Waals surface area (Å²) in [6.07, 6.45) is 2.43. The first-order valence-electron chi connectivity index (χ1n) is 9.30. The molecule has 1 N–H and O–H groups in total. The van der Waals surface area contributed by atoms with E-state index in [0.29, 0.717) is 12.1 Å². The van der Waals surface area contributed by atoms with Gasteiger partial charge in [0.2, 0.25) is 5.91 Å². The third-order valence-electron chi connectivity index (χ3n) is 5.75. The molecule has 138 valence electrons. The lowest BCUT2D eigenvalue weighted by Gasteiger charge is -2.39. The van der Waals surface area contributed by atoms with E-state index < -0.39 is 0 Å². The molecule has 0 spiro atoms. The normalized spacial score (nSPS) is 25.0. The van der Waals surface area contributed by atoms with Crippen molar-refractivity contribution in [3.63, 3.8) is 0 Å². The Hall–Kier alpha value is -2.86. The first kappa shape index (κ1) is 16.3. The number of hydrogen-bond donors (Lipinski definition) is 1. The largest absolute Gasteiger partial charge is 0.455 e. The monoisotopic (exact) mass is 363 g/mol. The standard InChI is InChI=1S/C21H21N3O3/c1-24-11-16(14-9-10-22-18(14)21(24)25)15-7-8-17-19(23-12-26-17)20(15)27-13-5-3-2-4-6-13/h2-8,12,14,16,18,22H,9-11H2,1H3. The Labute approximate surface area is 157 Å². The average Bonchev–Trinajstić information content (AvgIpc) is 3.36. The van der Waals surface area contributed by atoms with Gasteiger partial charge in [0, 0.05) is 25.1 Å². The number of carbonyl (C=O) groups excluding carboxylic acids is 1. The van der Waals surface area contributed by atoms with Crippen LogP contribution < -0.4 is 10.1 Å². The van der Waals surface area contributed by atoms with Crippen LogP contribution in [-0.2, 0) is 4.79 Å². The minimum atomic E-state index is -0.119. The van der Waals surface area contributed by atoms with Gasteiger partial charge in [-0.05, 0) is 37.1 Å². The maximum atomic E-state index is 12.5. The lowest BCUT2D eigenvalue weighted by Crippen LogP contribution is -2.52. The number of ether oxygens (including phenoxy) is 1. The first-order valence-corrected chi connectivity index (χ1v) is 9.30. The summed E-state index contributed by atoms with van der Waals surface area (Å²) in [5, 5.41) is 3.37. The Morgan fingerprint density at radius 1 is 1.22 bits per heavy atom. The van der Waals surface area contributed by atoms with E-state index in [4.69, 9.17) is 9.15 Å². The number of rotatable bonds is 3. The van der Waals surface area contributed by atoms with Gasteiger partial charge in [-0.2, -0.15) is 0 Å². The maximum absolute atomic E-state index is 12.5. The zero-order valence-corrected chi connectivity index (χ0v) is 15.1. The molecule has 1 aromatic heterocycles. The molecule has 2 saturated heterocycles. The van der Waals surface area contributed by atoms with E-state index in [2.05, 4.69) is 16.4 Å². The highest BCUT2D eigenvalue weighted by atomic mass is 16.5. The Morgan fingerprint density at radius 3 is 2.93 bits per heavy atom. The third-order valence-corrected chi connectivity index (χ3v) is 5.75. The molecule has 2 aromatic carbocycles. The van der Waals surface area contributed by atoms with Crippen LogP contribution in [0.2, 0.25) is 0 Å². The van der Waals surface area contributed by atoms with E-state index in [0.717, 1.165) is 35.5 Å². The maximum Gasteiger partial charge on any atom is 0.239 e. The Morgan fingerprint density at radius 2 is 2.07 bits per heavy atom. The number of amides is 1. The molecule has 0 bridgehead atoms. The highest BCUT2D eigenvalue weighted by Crippen LogP contribution is 2.44. The van der Waals surface area contributed by atoms with Crippen molar-refractivity contribution in [1.82, 2.24) is 15.2 Å². The fraction of sp³-hybridized carbons (Fsp3) is 0.333. The molecule has 0 radical (unpaired) electrons. The van der Waals surface area contributed by atoms with E-state index >= 15 is 0 Å². The molecule has 27 heavy (non-hydrogen) atoms. The third kappa shape index (κ3) is 2.68. The second kappa shape index (κ2) is 6.39. The number of oxazole rings is 1. The van der Waals surface area contributed by atoms with Crippen LogP contribution in [0.5, 0.6) is 11.5 Å². The minimum absolute atomic E-state index is 0.119. The number of para-hydroxylation sites is 1. The quantitative estimate of drug-likeness (QED) is 0.774. The average molecular weight is 363 g/mol. The second-order valence-electron chi connectivity index (χ2n) is 7.31. The molecule has 2 aliphatic rings. The number of benzene rings is 2. The molecule has 6 heteroatoms. The van der Waals surface area contributed by atoms with Crippen molar-refractivity contribution in [3.05, 3.63) is 54.4 Å². The van der Waals surface area contributed by atoms with E-state index in [9.17, 15) is 4.79 Å². The van der Waals surface area contributed by atoms with Crippen molar-refractivity contribution in [2.45, 2.75) is 18.4 Å². The van der Waals surface area contributed by atoms with Gasteiger partial charge in [0.1, 0.15) is 5.75 Å². The molecule has 2 aliphatic heterocycles. The zero-order chi connectivity index (χ0) is 18.4. The van der Waals surface area contributed by atoms with Crippen LogP contribution in [0, 0.1) is 5.92 Å². The summed E-state index contributed by atoms with van der Waals surface area (Å²) in [6.45, 7) is 1.54. The van der Waals surface area contributed by atoms with Gasteiger partial charge in [-0.1, -0.05) is 24.3 Å². The number of likely N-dealkylation sites (N-methyl/N-ethyl adjacent to an activating group) is 1. The molecule has 0 saturated carbocycles. The van der Waals surface area contributed by atoms with Gasteiger partial charge < -0.3 is 19.4 Å². The summed E-state index contributed by atoms with van der Waals surface area (Å²) in [6, 6.07) is 13.6. The van der Waals surface area contributed by atoms with Gasteiger partial charge >= 0.3 is 0 Å². The molecule has 3 atom stereocenters. The van der Waals surface area contributed by atoms with Crippen molar-refractivity contribution >= 4 is 17.0 Å². The summed E-state index contributed by atoms with van der Waals surface area (Å²) >= 11 is 0.